The minimum atomic E-state index is 0.709. The molecule has 0 saturated carbocycles. The Morgan fingerprint density at radius 3 is 2.88 bits per heavy atom. The third-order valence-corrected chi connectivity index (χ3v) is 4.78. The summed E-state index contributed by atoms with van der Waals surface area (Å²) in [6.07, 6.45) is 4.71. The van der Waals surface area contributed by atoms with Crippen molar-refractivity contribution in [2.75, 3.05) is 16.8 Å². The molecule has 7 heteroatoms. The SMILES string of the molecule is Cc1cc(Nc2nc(N3CCc4ccccc4C3)cc3nccn23)n[nH]1. The van der Waals surface area contributed by atoms with Gasteiger partial charge in [0, 0.05) is 43.3 Å². The van der Waals surface area contributed by atoms with Crippen LogP contribution in [0.3, 0.4) is 0 Å². The molecule has 0 amide bonds. The molecule has 0 fully saturated rings. The largest absolute Gasteiger partial charge is 0.352 e. The van der Waals surface area contributed by atoms with Crippen LogP contribution < -0.4 is 10.2 Å². The Morgan fingerprint density at radius 2 is 2.04 bits per heavy atom. The molecule has 5 rings (SSSR count). The Morgan fingerprint density at radius 1 is 1.15 bits per heavy atom. The number of anilines is 3. The highest BCUT2D eigenvalue weighted by atomic mass is 15.3. The minimum Gasteiger partial charge on any atom is -0.352 e. The molecule has 1 aliphatic heterocycles. The number of hydrogen-bond acceptors (Lipinski definition) is 5. The fraction of sp³-hybridized carbons (Fsp3) is 0.211. The van der Waals surface area contributed by atoms with Crippen molar-refractivity contribution in [2.45, 2.75) is 19.9 Å². The lowest BCUT2D eigenvalue weighted by molar-refractivity contribution is 0.720. The van der Waals surface area contributed by atoms with Crippen molar-refractivity contribution in [3.8, 4) is 0 Å². The maximum Gasteiger partial charge on any atom is 0.216 e. The number of nitrogens with one attached hydrogen (secondary N) is 2. The molecule has 0 saturated heterocycles. The van der Waals surface area contributed by atoms with Crippen molar-refractivity contribution in [1.29, 1.82) is 0 Å². The van der Waals surface area contributed by atoms with E-state index in [0.717, 1.165) is 42.5 Å². The van der Waals surface area contributed by atoms with Crippen LogP contribution in [0.2, 0.25) is 0 Å². The standard InChI is InChI=1S/C19H19N7/c1-13-10-16(24-23-13)21-19-22-18(11-17-20-7-9-26(17)19)25-8-6-14-4-2-3-5-15(14)12-25/h2-5,7,9-11H,6,8,12H2,1H3,(H2,21,22,23,24). The number of imidazole rings is 1. The molecule has 3 aromatic heterocycles. The monoisotopic (exact) mass is 345 g/mol. The molecule has 1 aromatic carbocycles. The second kappa shape index (κ2) is 5.87. The molecule has 0 atom stereocenters. The number of aryl methyl sites for hydroxylation is 1. The Hall–Kier alpha value is -3.35. The summed E-state index contributed by atoms with van der Waals surface area (Å²) >= 11 is 0. The number of hydrogen-bond donors (Lipinski definition) is 2. The van der Waals surface area contributed by atoms with Gasteiger partial charge in [0.15, 0.2) is 5.82 Å². The van der Waals surface area contributed by atoms with Crippen LogP contribution in [0, 0.1) is 6.92 Å². The summed E-state index contributed by atoms with van der Waals surface area (Å²) in [4.78, 5) is 11.6. The molecule has 0 spiro atoms. The van der Waals surface area contributed by atoms with E-state index in [-0.39, 0.29) is 0 Å². The van der Waals surface area contributed by atoms with Gasteiger partial charge in [0.25, 0.3) is 0 Å². The van der Waals surface area contributed by atoms with Crippen LogP contribution in [0.25, 0.3) is 5.65 Å². The Kier molecular flexibility index (Phi) is 3.38. The van der Waals surface area contributed by atoms with Gasteiger partial charge in [0.05, 0.1) is 0 Å². The summed E-state index contributed by atoms with van der Waals surface area (Å²) in [5, 5.41) is 10.5. The quantitative estimate of drug-likeness (QED) is 0.597. The number of fused-ring (bicyclic) bond motifs is 2. The van der Waals surface area contributed by atoms with Gasteiger partial charge in [0.1, 0.15) is 11.5 Å². The summed E-state index contributed by atoms with van der Waals surface area (Å²) < 4.78 is 1.94. The first-order valence-electron chi connectivity index (χ1n) is 8.71. The van der Waals surface area contributed by atoms with E-state index < -0.39 is 0 Å². The fourth-order valence-corrected chi connectivity index (χ4v) is 3.45. The first-order chi connectivity index (χ1) is 12.8. The van der Waals surface area contributed by atoms with Crippen molar-refractivity contribution in [1.82, 2.24) is 24.6 Å². The molecular formula is C19H19N7. The van der Waals surface area contributed by atoms with E-state index in [0.29, 0.717) is 5.95 Å². The lowest BCUT2D eigenvalue weighted by atomic mass is 10.00. The van der Waals surface area contributed by atoms with Crippen molar-refractivity contribution in [3.63, 3.8) is 0 Å². The zero-order valence-corrected chi connectivity index (χ0v) is 14.5. The molecule has 0 bridgehead atoms. The maximum atomic E-state index is 4.86. The van der Waals surface area contributed by atoms with Crippen LogP contribution in [0.5, 0.6) is 0 Å². The van der Waals surface area contributed by atoms with Gasteiger partial charge in [-0.25, -0.2) is 4.98 Å². The second-order valence-electron chi connectivity index (χ2n) is 6.59. The number of aromatic amines is 1. The average Bonchev–Trinajstić information content (AvgIpc) is 3.30. The molecule has 0 aliphatic carbocycles. The van der Waals surface area contributed by atoms with E-state index in [4.69, 9.17) is 4.98 Å². The molecule has 2 N–H and O–H groups in total. The van der Waals surface area contributed by atoms with E-state index in [1.54, 1.807) is 6.20 Å². The van der Waals surface area contributed by atoms with Gasteiger partial charge in [0.2, 0.25) is 5.95 Å². The van der Waals surface area contributed by atoms with Crippen molar-refractivity contribution in [2.24, 2.45) is 0 Å². The Labute approximate surface area is 150 Å². The van der Waals surface area contributed by atoms with E-state index in [1.165, 1.54) is 11.1 Å². The summed E-state index contributed by atoms with van der Waals surface area (Å²) in [5.41, 5.74) is 4.65. The second-order valence-corrected chi connectivity index (χ2v) is 6.59. The zero-order chi connectivity index (χ0) is 17.5. The van der Waals surface area contributed by atoms with Gasteiger partial charge in [-0.3, -0.25) is 9.50 Å². The van der Waals surface area contributed by atoms with Gasteiger partial charge >= 0.3 is 0 Å². The summed E-state index contributed by atoms with van der Waals surface area (Å²) in [6.45, 7) is 3.78. The highest BCUT2D eigenvalue weighted by Crippen LogP contribution is 2.26. The van der Waals surface area contributed by atoms with Crippen LogP contribution in [-0.2, 0) is 13.0 Å². The number of aromatic nitrogens is 5. The number of H-pyrrole nitrogens is 1. The summed E-state index contributed by atoms with van der Waals surface area (Å²) in [5.74, 6) is 2.37. The molecule has 1 aliphatic rings. The molecule has 130 valence electrons. The van der Waals surface area contributed by atoms with Gasteiger partial charge in [-0.2, -0.15) is 10.1 Å². The molecule has 26 heavy (non-hydrogen) atoms. The Balaban J connectivity index is 1.52. The van der Waals surface area contributed by atoms with E-state index in [9.17, 15) is 0 Å². The van der Waals surface area contributed by atoms with E-state index in [1.807, 2.05) is 29.7 Å². The highest BCUT2D eigenvalue weighted by Gasteiger charge is 2.19. The zero-order valence-electron chi connectivity index (χ0n) is 14.5. The first-order valence-corrected chi connectivity index (χ1v) is 8.71. The van der Waals surface area contributed by atoms with Crippen LogP contribution in [-0.4, -0.2) is 31.1 Å². The first kappa shape index (κ1) is 14.9. The average molecular weight is 345 g/mol. The van der Waals surface area contributed by atoms with Crippen LogP contribution in [0.4, 0.5) is 17.6 Å². The normalized spacial score (nSPS) is 13.8. The Bertz CT molecular complexity index is 1080. The number of benzene rings is 1. The number of rotatable bonds is 3. The van der Waals surface area contributed by atoms with Crippen molar-refractivity contribution in [3.05, 3.63) is 65.6 Å². The third-order valence-electron chi connectivity index (χ3n) is 4.78. The minimum absolute atomic E-state index is 0.709. The summed E-state index contributed by atoms with van der Waals surface area (Å²) in [6, 6.07) is 12.6. The molecule has 4 heterocycles. The molecule has 0 radical (unpaired) electrons. The predicted octanol–water partition coefficient (Wildman–Crippen LogP) is 3.07. The van der Waals surface area contributed by atoms with Crippen LogP contribution >= 0.6 is 0 Å². The fourth-order valence-electron chi connectivity index (χ4n) is 3.45. The predicted molar refractivity (Wildman–Crippen MR) is 101 cm³/mol. The van der Waals surface area contributed by atoms with E-state index in [2.05, 4.69) is 49.7 Å². The van der Waals surface area contributed by atoms with Gasteiger partial charge < -0.3 is 10.2 Å². The van der Waals surface area contributed by atoms with Gasteiger partial charge in [-0.1, -0.05) is 24.3 Å². The van der Waals surface area contributed by atoms with Gasteiger partial charge in [-0.05, 0) is 24.5 Å². The smallest absolute Gasteiger partial charge is 0.216 e. The highest BCUT2D eigenvalue weighted by molar-refractivity contribution is 5.61. The molecular weight excluding hydrogens is 326 g/mol. The topological polar surface area (TPSA) is 74.1 Å². The van der Waals surface area contributed by atoms with Crippen LogP contribution in [0.15, 0.2) is 48.8 Å². The van der Waals surface area contributed by atoms with E-state index >= 15 is 0 Å². The van der Waals surface area contributed by atoms with Gasteiger partial charge in [-0.15, -0.1) is 0 Å². The van der Waals surface area contributed by atoms with Crippen molar-refractivity contribution < 1.29 is 0 Å². The maximum absolute atomic E-state index is 4.86. The van der Waals surface area contributed by atoms with Crippen molar-refractivity contribution >= 4 is 23.2 Å². The third kappa shape index (κ3) is 2.57. The molecule has 4 aromatic rings. The summed E-state index contributed by atoms with van der Waals surface area (Å²) in [7, 11) is 0. The van der Waals surface area contributed by atoms with Crippen LogP contribution in [0.1, 0.15) is 16.8 Å². The molecule has 0 unspecified atom stereocenters. The molecule has 7 nitrogen and oxygen atoms in total. The lowest BCUT2D eigenvalue weighted by Crippen LogP contribution is -2.31. The lowest BCUT2D eigenvalue weighted by Gasteiger charge is -2.30. The number of nitrogens with zero attached hydrogens (tertiary/aromatic N) is 5.